The van der Waals surface area contributed by atoms with Gasteiger partial charge in [0, 0.05) is 24.7 Å². The van der Waals surface area contributed by atoms with Crippen molar-refractivity contribution in [2.75, 3.05) is 38.7 Å². The molecule has 0 bridgehead atoms. The molecule has 0 saturated heterocycles. The van der Waals surface area contributed by atoms with E-state index in [0.717, 1.165) is 12.1 Å². The molecule has 0 amide bonds. The van der Waals surface area contributed by atoms with Gasteiger partial charge in [0.15, 0.2) is 17.5 Å². The average molecular weight is 557 g/mol. The summed E-state index contributed by atoms with van der Waals surface area (Å²) in [5.41, 5.74) is 1.37. The minimum Gasteiger partial charge on any atom is -0.490 e. The van der Waals surface area contributed by atoms with Gasteiger partial charge in [0.1, 0.15) is 5.82 Å². The predicted molar refractivity (Wildman–Crippen MR) is 133 cm³/mol. The number of carbonyl (C=O) groups excluding carboxylic acids is 1. The second-order valence-corrected chi connectivity index (χ2v) is 7.22. The maximum Gasteiger partial charge on any atom is 0.310 e. The Morgan fingerprint density at radius 3 is 2.69 bits per heavy atom. The summed E-state index contributed by atoms with van der Waals surface area (Å²) < 4.78 is 30.1. The molecular weight excluding hydrogens is 528 g/mol. The Labute approximate surface area is 204 Å². The van der Waals surface area contributed by atoms with E-state index in [1.165, 1.54) is 13.2 Å². The highest BCUT2D eigenvalue weighted by Crippen LogP contribution is 2.32. The van der Waals surface area contributed by atoms with Crippen molar-refractivity contribution in [3.63, 3.8) is 0 Å². The molecule has 1 unspecified atom stereocenters. The first-order valence-corrected chi connectivity index (χ1v) is 10.3. The first-order chi connectivity index (χ1) is 15.1. The molecule has 7 nitrogen and oxygen atoms in total. The van der Waals surface area contributed by atoms with Crippen molar-refractivity contribution in [2.24, 2.45) is 10.9 Å². The molecule has 3 rings (SSSR count). The molecule has 1 aliphatic rings. The Bertz CT molecular complexity index is 926. The van der Waals surface area contributed by atoms with Crippen LogP contribution in [0.1, 0.15) is 18.9 Å². The van der Waals surface area contributed by atoms with Gasteiger partial charge in [-0.1, -0.05) is 25.1 Å². The van der Waals surface area contributed by atoms with Crippen LogP contribution in [-0.4, -0.2) is 45.3 Å². The molecule has 32 heavy (non-hydrogen) atoms. The summed E-state index contributed by atoms with van der Waals surface area (Å²) in [7, 11) is 1.35. The number of aliphatic imine (C=N–C) groups is 1. The quantitative estimate of drug-likeness (QED) is 0.232. The number of nitrogens with one attached hydrogen (secondary N) is 2. The van der Waals surface area contributed by atoms with Gasteiger partial charge in [0.25, 0.3) is 0 Å². The number of guanidine groups is 1. The Morgan fingerprint density at radius 2 is 1.94 bits per heavy atom. The van der Waals surface area contributed by atoms with Gasteiger partial charge in [0.05, 0.1) is 32.8 Å². The van der Waals surface area contributed by atoms with Crippen molar-refractivity contribution in [3.8, 4) is 11.5 Å². The topological polar surface area (TPSA) is 81.2 Å². The maximum atomic E-state index is 13.9. The number of ether oxygens (including phenoxy) is 3. The summed E-state index contributed by atoms with van der Waals surface area (Å²) in [6, 6.07) is 12.2. The van der Waals surface area contributed by atoms with Gasteiger partial charge in [-0.25, -0.2) is 4.39 Å². The lowest BCUT2D eigenvalue weighted by Gasteiger charge is -2.15. The number of anilines is 1. The molecule has 0 saturated carbocycles. The first-order valence-electron chi connectivity index (χ1n) is 10.3. The third-order valence-electron chi connectivity index (χ3n) is 4.78. The average Bonchev–Trinajstić information content (AvgIpc) is 3.02. The molecule has 0 spiro atoms. The number of nitrogens with zero attached hydrogens (tertiary/aromatic N) is 1. The van der Waals surface area contributed by atoms with Crippen molar-refractivity contribution in [1.82, 2.24) is 5.32 Å². The Balaban J connectivity index is 0.00000363. The van der Waals surface area contributed by atoms with E-state index in [2.05, 4.69) is 15.6 Å². The van der Waals surface area contributed by atoms with Crippen LogP contribution in [0.4, 0.5) is 10.1 Å². The SMILES string of the molecule is COC(=O)C(C)CN=C(NCCc1ccccc1F)Nc1ccc2c(c1)OCCCO2.I. The number of esters is 1. The summed E-state index contributed by atoms with van der Waals surface area (Å²) >= 11 is 0. The van der Waals surface area contributed by atoms with E-state index in [9.17, 15) is 9.18 Å². The van der Waals surface area contributed by atoms with Crippen molar-refractivity contribution >= 4 is 41.6 Å². The van der Waals surface area contributed by atoms with Gasteiger partial charge in [0.2, 0.25) is 0 Å². The van der Waals surface area contributed by atoms with Gasteiger partial charge in [-0.3, -0.25) is 9.79 Å². The molecule has 2 aromatic rings. The molecule has 0 aliphatic carbocycles. The van der Waals surface area contributed by atoms with Crippen LogP contribution < -0.4 is 20.1 Å². The summed E-state index contributed by atoms with van der Waals surface area (Å²) in [5.74, 6) is 0.882. The van der Waals surface area contributed by atoms with E-state index >= 15 is 0 Å². The molecule has 2 N–H and O–H groups in total. The molecule has 0 radical (unpaired) electrons. The Morgan fingerprint density at radius 1 is 1.19 bits per heavy atom. The molecule has 1 atom stereocenters. The fourth-order valence-electron chi connectivity index (χ4n) is 3.04. The van der Waals surface area contributed by atoms with Crippen LogP contribution in [-0.2, 0) is 16.0 Å². The molecule has 174 valence electrons. The number of carbonyl (C=O) groups is 1. The van der Waals surface area contributed by atoms with E-state index in [4.69, 9.17) is 14.2 Å². The predicted octanol–water partition coefficient (Wildman–Crippen LogP) is 4.01. The highest BCUT2D eigenvalue weighted by molar-refractivity contribution is 14.0. The van der Waals surface area contributed by atoms with Crippen molar-refractivity contribution in [1.29, 1.82) is 0 Å². The van der Waals surface area contributed by atoms with E-state index in [-0.39, 0.29) is 48.2 Å². The summed E-state index contributed by atoms with van der Waals surface area (Å²) in [4.78, 5) is 16.2. The van der Waals surface area contributed by atoms with Crippen LogP contribution in [0.2, 0.25) is 0 Å². The zero-order valence-corrected chi connectivity index (χ0v) is 20.6. The molecule has 1 aliphatic heterocycles. The van der Waals surface area contributed by atoms with Crippen LogP contribution in [0.15, 0.2) is 47.5 Å². The van der Waals surface area contributed by atoms with E-state index in [0.29, 0.717) is 49.2 Å². The number of hydrogen-bond donors (Lipinski definition) is 2. The number of methoxy groups -OCH3 is 1. The summed E-state index contributed by atoms with van der Waals surface area (Å²) in [6.07, 6.45) is 1.31. The lowest BCUT2D eigenvalue weighted by Crippen LogP contribution is -2.33. The monoisotopic (exact) mass is 557 g/mol. The van der Waals surface area contributed by atoms with Crippen LogP contribution in [0.3, 0.4) is 0 Å². The van der Waals surface area contributed by atoms with Gasteiger partial charge in [-0.15, -0.1) is 24.0 Å². The van der Waals surface area contributed by atoms with Crippen molar-refractivity contribution in [3.05, 3.63) is 53.8 Å². The number of rotatable bonds is 7. The van der Waals surface area contributed by atoms with Crippen molar-refractivity contribution < 1.29 is 23.4 Å². The number of fused-ring (bicyclic) bond motifs is 1. The third kappa shape index (κ3) is 7.54. The normalized spacial score (nSPS) is 13.9. The molecule has 1 heterocycles. The fourth-order valence-corrected chi connectivity index (χ4v) is 3.04. The van der Waals surface area contributed by atoms with Crippen LogP contribution in [0, 0.1) is 11.7 Å². The molecule has 9 heteroatoms. The second kappa shape index (κ2) is 13.1. The maximum absolute atomic E-state index is 13.9. The highest BCUT2D eigenvalue weighted by atomic mass is 127. The van der Waals surface area contributed by atoms with Gasteiger partial charge in [-0.05, 0) is 30.2 Å². The Hall–Kier alpha value is -2.56. The zero-order chi connectivity index (χ0) is 22.1. The highest BCUT2D eigenvalue weighted by Gasteiger charge is 2.14. The van der Waals surface area contributed by atoms with Crippen molar-refractivity contribution in [2.45, 2.75) is 19.8 Å². The molecule has 0 fully saturated rings. The number of halogens is 2. The third-order valence-corrected chi connectivity index (χ3v) is 4.78. The van der Waals surface area contributed by atoms with Gasteiger partial charge >= 0.3 is 5.97 Å². The van der Waals surface area contributed by atoms with Gasteiger partial charge < -0.3 is 24.8 Å². The summed E-state index contributed by atoms with van der Waals surface area (Å²) in [5, 5.41) is 6.42. The van der Waals surface area contributed by atoms with Crippen LogP contribution >= 0.6 is 24.0 Å². The molecule has 0 aromatic heterocycles. The van der Waals surface area contributed by atoms with E-state index in [1.807, 2.05) is 24.3 Å². The lowest BCUT2D eigenvalue weighted by atomic mass is 10.1. The summed E-state index contributed by atoms with van der Waals surface area (Å²) in [6.45, 7) is 3.67. The Kier molecular flexibility index (Phi) is 10.5. The first kappa shape index (κ1) is 25.7. The van der Waals surface area contributed by atoms with Crippen LogP contribution in [0.25, 0.3) is 0 Å². The lowest BCUT2D eigenvalue weighted by molar-refractivity contribution is -0.144. The molecular formula is C23H29FIN3O4. The van der Waals surface area contributed by atoms with Gasteiger partial charge in [-0.2, -0.15) is 0 Å². The van der Waals surface area contributed by atoms with Crippen LogP contribution in [0.5, 0.6) is 11.5 Å². The smallest absolute Gasteiger partial charge is 0.310 e. The van der Waals surface area contributed by atoms with E-state index in [1.54, 1.807) is 19.1 Å². The van der Waals surface area contributed by atoms with E-state index < -0.39 is 0 Å². The molecule has 2 aromatic carbocycles. The fraction of sp³-hybridized carbons (Fsp3) is 0.391. The minimum atomic E-state index is -0.390. The standard InChI is InChI=1S/C23H28FN3O4.HI/c1-16(22(28)29-2)15-26-23(25-11-10-17-6-3-4-7-19(17)24)27-18-8-9-20-21(14-18)31-13-5-12-30-20;/h3-4,6-9,14,16H,5,10-13,15H2,1-2H3,(H2,25,26,27);1H. The number of benzene rings is 2. The largest absolute Gasteiger partial charge is 0.490 e. The zero-order valence-electron chi connectivity index (χ0n) is 18.2. The second-order valence-electron chi connectivity index (χ2n) is 7.22. The number of hydrogen-bond acceptors (Lipinski definition) is 5. The minimum absolute atomic E-state index is 0.